The van der Waals surface area contributed by atoms with E-state index in [4.69, 9.17) is 9.72 Å². The van der Waals surface area contributed by atoms with Crippen LogP contribution in [0.4, 0.5) is 4.79 Å². The molecule has 1 saturated carbocycles. The fraction of sp³-hybridized carbons (Fsp3) is 0.440. The largest absolute Gasteiger partial charge is 0.477 e. The third-order valence-corrected chi connectivity index (χ3v) is 7.40. The number of nitrogens with one attached hydrogen (secondary N) is 1. The number of aromatic carboxylic acids is 1. The Hall–Kier alpha value is -3.20. The van der Waals surface area contributed by atoms with E-state index < -0.39 is 23.1 Å². The van der Waals surface area contributed by atoms with E-state index in [2.05, 4.69) is 11.4 Å². The number of carboxylic acids is 1. The van der Waals surface area contributed by atoms with Crippen molar-refractivity contribution < 1.29 is 19.4 Å². The molecule has 0 spiro atoms. The third-order valence-electron chi connectivity index (χ3n) is 6.09. The molecule has 178 valence electrons. The molecule has 1 unspecified atom stereocenters. The van der Waals surface area contributed by atoms with Gasteiger partial charge in [-0.15, -0.1) is 11.3 Å². The maximum Gasteiger partial charge on any atom is 0.408 e. The molecule has 0 saturated heterocycles. The van der Waals surface area contributed by atoms with Gasteiger partial charge in [0.15, 0.2) is 0 Å². The van der Waals surface area contributed by atoms with Crippen molar-refractivity contribution in [3.05, 3.63) is 50.6 Å². The van der Waals surface area contributed by atoms with Crippen LogP contribution in [0.3, 0.4) is 0 Å². The molecule has 0 bridgehead atoms. The molecule has 1 atom stereocenters. The van der Waals surface area contributed by atoms with Gasteiger partial charge in [0.05, 0.1) is 22.0 Å². The molecule has 2 aliphatic rings. The molecule has 9 heteroatoms. The number of carboxylic acid groups (broad SMARTS) is 1. The molecule has 2 aliphatic carbocycles. The zero-order valence-corrected chi connectivity index (χ0v) is 20.2. The lowest BCUT2D eigenvalue weighted by Gasteiger charge is -2.26. The molecule has 2 N–H and O–H groups in total. The van der Waals surface area contributed by atoms with Crippen LogP contribution in [-0.4, -0.2) is 32.3 Å². The van der Waals surface area contributed by atoms with Crippen LogP contribution < -0.4 is 10.7 Å². The predicted octanol–water partition coefficient (Wildman–Crippen LogP) is 5.06. The second-order valence-corrected chi connectivity index (χ2v) is 11.1. The minimum absolute atomic E-state index is 0.111. The summed E-state index contributed by atoms with van der Waals surface area (Å²) in [6.45, 7) is 5.52. The number of rotatable bonds is 4. The molecule has 34 heavy (non-hydrogen) atoms. The highest BCUT2D eigenvalue weighted by molar-refractivity contribution is 7.15. The molecule has 0 aliphatic heterocycles. The number of aromatic nitrogens is 2. The van der Waals surface area contributed by atoms with E-state index in [1.165, 1.54) is 11.8 Å². The van der Waals surface area contributed by atoms with Gasteiger partial charge in [0, 0.05) is 17.1 Å². The number of hydrogen-bond donors (Lipinski definition) is 2. The van der Waals surface area contributed by atoms with E-state index in [1.54, 1.807) is 23.5 Å². The zero-order valence-electron chi connectivity index (χ0n) is 19.4. The highest BCUT2D eigenvalue weighted by atomic mass is 32.1. The van der Waals surface area contributed by atoms with Crippen molar-refractivity contribution in [2.45, 2.75) is 70.6 Å². The van der Waals surface area contributed by atoms with E-state index in [-0.39, 0.29) is 17.6 Å². The van der Waals surface area contributed by atoms with Crippen molar-refractivity contribution in [3.63, 3.8) is 0 Å². The monoisotopic (exact) mass is 481 g/mol. The van der Waals surface area contributed by atoms with Crippen LogP contribution in [0.25, 0.3) is 21.6 Å². The summed E-state index contributed by atoms with van der Waals surface area (Å²) >= 11 is 1.59. The number of nitrogens with zero attached hydrogens (tertiary/aromatic N) is 2. The van der Waals surface area contributed by atoms with Gasteiger partial charge in [-0.2, -0.15) is 0 Å². The number of aryl methyl sites for hydroxylation is 1. The molecule has 0 radical (unpaired) electrons. The highest BCUT2D eigenvalue weighted by Crippen LogP contribution is 2.41. The molecular formula is C25H27N3O5S. The Kier molecular flexibility index (Phi) is 5.47. The Bertz CT molecular complexity index is 1360. The van der Waals surface area contributed by atoms with Crippen molar-refractivity contribution >= 4 is 34.4 Å². The number of carbonyl (C=O) groups is 2. The number of pyridine rings is 2. The van der Waals surface area contributed by atoms with E-state index in [1.807, 2.05) is 25.3 Å². The van der Waals surface area contributed by atoms with Crippen molar-refractivity contribution in [2.75, 3.05) is 0 Å². The molecule has 5 rings (SSSR count). The quantitative estimate of drug-likeness (QED) is 0.539. The summed E-state index contributed by atoms with van der Waals surface area (Å²) in [5.74, 6) is -1.22. The molecule has 3 aromatic heterocycles. The van der Waals surface area contributed by atoms with Gasteiger partial charge in [0.2, 0.25) is 5.43 Å². The number of fused-ring (bicyclic) bond motifs is 2. The highest BCUT2D eigenvalue weighted by Gasteiger charge is 2.29. The fourth-order valence-electron chi connectivity index (χ4n) is 4.42. The average molecular weight is 482 g/mol. The SMILES string of the molecule is CC(C)(C)OC(=O)NC1CCCc2cc(-c3ccc4c(=O)c(C(=O)O)cn(C5CC5)c4n3)sc21. The van der Waals surface area contributed by atoms with Gasteiger partial charge < -0.3 is 19.7 Å². The van der Waals surface area contributed by atoms with E-state index in [0.29, 0.717) is 11.0 Å². The number of alkyl carbamates (subject to hydrolysis) is 1. The number of thiophene rings is 1. The Labute approximate surface area is 200 Å². The Morgan fingerprint density at radius 3 is 2.68 bits per heavy atom. The molecule has 3 heterocycles. The van der Waals surface area contributed by atoms with Crippen molar-refractivity contribution in [3.8, 4) is 10.6 Å². The van der Waals surface area contributed by atoms with Crippen LogP contribution in [0.5, 0.6) is 0 Å². The summed E-state index contributed by atoms with van der Waals surface area (Å²) in [5, 5.41) is 12.8. The summed E-state index contributed by atoms with van der Waals surface area (Å²) in [6.07, 6.45) is 5.63. The number of amides is 1. The summed E-state index contributed by atoms with van der Waals surface area (Å²) in [7, 11) is 0. The van der Waals surface area contributed by atoms with Crippen molar-refractivity contribution in [1.82, 2.24) is 14.9 Å². The van der Waals surface area contributed by atoms with Gasteiger partial charge in [-0.3, -0.25) is 4.79 Å². The molecular weight excluding hydrogens is 454 g/mol. The minimum Gasteiger partial charge on any atom is -0.477 e. The lowest BCUT2D eigenvalue weighted by atomic mass is 9.95. The normalized spacial score (nSPS) is 17.9. The summed E-state index contributed by atoms with van der Waals surface area (Å²) in [5.41, 5.74) is 1.15. The minimum atomic E-state index is -1.22. The lowest BCUT2D eigenvalue weighted by Crippen LogP contribution is -2.35. The second kappa shape index (κ2) is 8.23. The van der Waals surface area contributed by atoms with Crippen LogP contribution in [0.1, 0.15) is 79.3 Å². The Balaban J connectivity index is 1.52. The Morgan fingerprint density at radius 2 is 2.00 bits per heavy atom. The second-order valence-electron chi connectivity index (χ2n) is 9.97. The summed E-state index contributed by atoms with van der Waals surface area (Å²) in [4.78, 5) is 43.5. The van der Waals surface area contributed by atoms with Crippen LogP contribution >= 0.6 is 11.3 Å². The first kappa shape index (κ1) is 22.6. The van der Waals surface area contributed by atoms with Crippen LogP contribution in [0.15, 0.2) is 29.2 Å². The predicted molar refractivity (Wildman–Crippen MR) is 130 cm³/mol. The molecule has 8 nitrogen and oxygen atoms in total. The standard InChI is InChI=1S/C25H27N3O5S/c1-25(2,3)33-24(32)27-18-6-4-5-13-11-19(34-21(13)18)17-10-9-15-20(29)16(23(30)31)12-28(14-7-8-14)22(15)26-17/h9-12,14,18H,4-8H2,1-3H3,(H,27,32)(H,30,31). The van der Waals surface area contributed by atoms with Gasteiger partial charge in [0.25, 0.3) is 0 Å². The smallest absolute Gasteiger partial charge is 0.408 e. The Morgan fingerprint density at radius 1 is 1.24 bits per heavy atom. The van der Waals surface area contributed by atoms with Gasteiger partial charge in [-0.05, 0) is 76.6 Å². The first-order valence-corrected chi connectivity index (χ1v) is 12.3. The van der Waals surface area contributed by atoms with E-state index >= 15 is 0 Å². The van der Waals surface area contributed by atoms with Crippen LogP contribution in [0.2, 0.25) is 0 Å². The zero-order chi connectivity index (χ0) is 24.2. The van der Waals surface area contributed by atoms with E-state index in [9.17, 15) is 19.5 Å². The fourth-order valence-corrected chi connectivity index (χ4v) is 5.69. The van der Waals surface area contributed by atoms with E-state index in [0.717, 1.165) is 47.6 Å². The van der Waals surface area contributed by atoms with Gasteiger partial charge in [-0.25, -0.2) is 14.6 Å². The molecule has 3 aromatic rings. The molecule has 1 fully saturated rings. The lowest BCUT2D eigenvalue weighted by molar-refractivity contribution is 0.0499. The van der Waals surface area contributed by atoms with Crippen LogP contribution in [0, 0.1) is 0 Å². The molecule has 0 aromatic carbocycles. The number of hydrogen-bond acceptors (Lipinski definition) is 6. The van der Waals surface area contributed by atoms with Gasteiger partial charge >= 0.3 is 12.1 Å². The van der Waals surface area contributed by atoms with Crippen molar-refractivity contribution in [2.24, 2.45) is 0 Å². The average Bonchev–Trinajstić information content (AvgIpc) is 3.50. The third kappa shape index (κ3) is 4.32. The maximum absolute atomic E-state index is 12.7. The number of ether oxygens (including phenoxy) is 1. The first-order valence-electron chi connectivity index (χ1n) is 11.5. The number of carbonyl (C=O) groups excluding carboxylic acids is 1. The molecule has 1 amide bonds. The van der Waals surface area contributed by atoms with Crippen LogP contribution in [-0.2, 0) is 11.2 Å². The van der Waals surface area contributed by atoms with Crippen molar-refractivity contribution in [1.29, 1.82) is 0 Å². The summed E-state index contributed by atoms with van der Waals surface area (Å²) < 4.78 is 7.28. The summed E-state index contributed by atoms with van der Waals surface area (Å²) in [6, 6.07) is 5.63. The van der Waals surface area contributed by atoms with Gasteiger partial charge in [0.1, 0.15) is 16.8 Å². The maximum atomic E-state index is 12.7. The van der Waals surface area contributed by atoms with Gasteiger partial charge in [-0.1, -0.05) is 0 Å². The topological polar surface area (TPSA) is 111 Å². The first-order chi connectivity index (χ1) is 16.1.